The Labute approximate surface area is 110 Å². The molecule has 0 atom stereocenters. The molecule has 0 heterocycles. The van der Waals surface area contributed by atoms with Gasteiger partial charge in [0.05, 0.1) is 6.54 Å². The van der Waals surface area contributed by atoms with E-state index in [9.17, 15) is 4.79 Å². The number of carbonyl (C=O) groups excluding carboxylic acids is 1. The van der Waals surface area contributed by atoms with Gasteiger partial charge in [0.15, 0.2) is 0 Å². The average molecular weight is 332 g/mol. The van der Waals surface area contributed by atoms with Gasteiger partial charge in [-0.3, -0.25) is 4.79 Å². The second kappa shape index (κ2) is 5.52. The second-order valence-corrected chi connectivity index (χ2v) is 5.91. The van der Waals surface area contributed by atoms with Crippen LogP contribution in [0.5, 0.6) is 0 Å². The van der Waals surface area contributed by atoms with Gasteiger partial charge in [0.1, 0.15) is 0 Å². The second-order valence-electron chi connectivity index (χ2n) is 4.66. The molecule has 1 amide bonds. The summed E-state index contributed by atoms with van der Waals surface area (Å²) >= 11 is 2.24. The van der Waals surface area contributed by atoms with Gasteiger partial charge >= 0.3 is 0 Å². The van der Waals surface area contributed by atoms with Crippen LogP contribution in [0.15, 0.2) is 24.3 Å². The zero-order valence-corrected chi connectivity index (χ0v) is 12.0. The van der Waals surface area contributed by atoms with Gasteiger partial charge in [0, 0.05) is 14.8 Å². The van der Waals surface area contributed by atoms with Gasteiger partial charge < -0.3 is 10.6 Å². The molecule has 0 aromatic heterocycles. The molecule has 0 fully saturated rings. The minimum atomic E-state index is -0.177. The smallest absolute Gasteiger partial charge is 0.239 e. The fourth-order valence-corrected chi connectivity index (χ4v) is 1.79. The van der Waals surface area contributed by atoms with Gasteiger partial charge in [-0.25, -0.2) is 0 Å². The van der Waals surface area contributed by atoms with Crippen LogP contribution in [0.1, 0.15) is 20.8 Å². The van der Waals surface area contributed by atoms with E-state index in [1.807, 2.05) is 45.0 Å². The molecule has 16 heavy (non-hydrogen) atoms. The van der Waals surface area contributed by atoms with Crippen LogP contribution in [0, 0.1) is 3.57 Å². The Morgan fingerprint density at radius 2 is 2.06 bits per heavy atom. The molecule has 0 aliphatic carbocycles. The fraction of sp³-hybridized carbons (Fsp3) is 0.417. The van der Waals surface area contributed by atoms with Crippen molar-refractivity contribution in [3.05, 3.63) is 27.8 Å². The normalized spacial score (nSPS) is 11.0. The summed E-state index contributed by atoms with van der Waals surface area (Å²) in [5, 5.41) is 5.99. The molecule has 0 spiro atoms. The van der Waals surface area contributed by atoms with Crippen LogP contribution < -0.4 is 10.6 Å². The summed E-state index contributed by atoms with van der Waals surface area (Å²) in [4.78, 5) is 11.5. The van der Waals surface area contributed by atoms with Gasteiger partial charge in [-0.2, -0.15) is 0 Å². The zero-order valence-electron chi connectivity index (χ0n) is 9.80. The molecule has 3 nitrogen and oxygen atoms in total. The van der Waals surface area contributed by atoms with Gasteiger partial charge in [-0.1, -0.05) is 6.07 Å². The lowest BCUT2D eigenvalue weighted by Crippen LogP contribution is -2.43. The Hall–Kier alpha value is -0.780. The SMILES string of the molecule is CC(C)(C)NC(=O)CNc1cccc(I)c1. The molecule has 0 unspecified atom stereocenters. The van der Waals surface area contributed by atoms with Crippen LogP contribution in [-0.4, -0.2) is 18.0 Å². The standard InChI is InChI=1S/C12H17IN2O/c1-12(2,3)15-11(16)8-14-10-6-4-5-9(13)7-10/h4-7,14H,8H2,1-3H3,(H,15,16). The van der Waals surface area contributed by atoms with E-state index >= 15 is 0 Å². The van der Waals surface area contributed by atoms with E-state index < -0.39 is 0 Å². The number of anilines is 1. The summed E-state index contributed by atoms with van der Waals surface area (Å²) in [7, 11) is 0. The maximum absolute atomic E-state index is 11.5. The van der Waals surface area contributed by atoms with Crippen LogP contribution in [-0.2, 0) is 4.79 Å². The highest BCUT2D eigenvalue weighted by molar-refractivity contribution is 14.1. The monoisotopic (exact) mass is 332 g/mol. The summed E-state index contributed by atoms with van der Waals surface area (Å²) in [6.45, 7) is 6.21. The quantitative estimate of drug-likeness (QED) is 0.836. The number of amides is 1. The van der Waals surface area contributed by atoms with E-state index in [-0.39, 0.29) is 11.4 Å². The summed E-state index contributed by atoms with van der Waals surface area (Å²) in [5.74, 6) is 0.00589. The summed E-state index contributed by atoms with van der Waals surface area (Å²) < 4.78 is 1.15. The van der Waals surface area contributed by atoms with Crippen LogP contribution in [0.25, 0.3) is 0 Å². The Bertz CT molecular complexity index is 372. The highest BCUT2D eigenvalue weighted by Gasteiger charge is 2.12. The van der Waals surface area contributed by atoms with Crippen LogP contribution in [0.2, 0.25) is 0 Å². The van der Waals surface area contributed by atoms with Crippen LogP contribution in [0.3, 0.4) is 0 Å². The van der Waals surface area contributed by atoms with Crippen molar-refractivity contribution < 1.29 is 4.79 Å². The molecular formula is C12H17IN2O. The first kappa shape index (κ1) is 13.3. The minimum Gasteiger partial charge on any atom is -0.376 e. The lowest BCUT2D eigenvalue weighted by atomic mass is 10.1. The van der Waals surface area contributed by atoms with E-state index in [4.69, 9.17) is 0 Å². The maximum atomic E-state index is 11.5. The Kier molecular flexibility index (Phi) is 4.58. The average Bonchev–Trinajstić information content (AvgIpc) is 2.12. The largest absolute Gasteiger partial charge is 0.376 e. The third-order valence-corrected chi connectivity index (χ3v) is 2.46. The van der Waals surface area contributed by atoms with Crippen molar-refractivity contribution in [2.45, 2.75) is 26.3 Å². The van der Waals surface area contributed by atoms with Gasteiger partial charge in [-0.05, 0) is 61.6 Å². The molecule has 0 radical (unpaired) electrons. The molecule has 0 aliphatic heterocycles. The summed E-state index contributed by atoms with van der Waals surface area (Å²) in [6, 6.07) is 7.93. The number of halogens is 1. The number of rotatable bonds is 3. The van der Waals surface area contributed by atoms with Crippen molar-refractivity contribution in [2.24, 2.45) is 0 Å². The van der Waals surface area contributed by atoms with Crippen LogP contribution >= 0.6 is 22.6 Å². The third kappa shape index (κ3) is 5.34. The summed E-state index contributed by atoms with van der Waals surface area (Å²) in [5.41, 5.74) is 0.792. The predicted molar refractivity (Wildman–Crippen MR) is 75.5 cm³/mol. The van der Waals surface area contributed by atoms with Gasteiger partial charge in [0.2, 0.25) is 5.91 Å². The van der Waals surface area contributed by atoms with Crippen molar-refractivity contribution in [1.82, 2.24) is 5.32 Å². The van der Waals surface area contributed by atoms with Crippen molar-refractivity contribution in [3.63, 3.8) is 0 Å². The lowest BCUT2D eigenvalue weighted by Gasteiger charge is -2.20. The first-order valence-electron chi connectivity index (χ1n) is 5.17. The third-order valence-electron chi connectivity index (χ3n) is 1.79. The molecule has 0 saturated carbocycles. The van der Waals surface area contributed by atoms with Crippen molar-refractivity contribution in [1.29, 1.82) is 0 Å². The molecule has 88 valence electrons. The molecular weight excluding hydrogens is 315 g/mol. The lowest BCUT2D eigenvalue weighted by molar-refractivity contribution is -0.120. The Balaban J connectivity index is 2.43. The first-order chi connectivity index (χ1) is 7.37. The highest BCUT2D eigenvalue weighted by Crippen LogP contribution is 2.11. The Morgan fingerprint density at radius 1 is 1.38 bits per heavy atom. The highest BCUT2D eigenvalue weighted by atomic mass is 127. The number of carbonyl (C=O) groups is 1. The summed E-state index contributed by atoms with van der Waals surface area (Å²) in [6.07, 6.45) is 0. The number of hydrogen-bond donors (Lipinski definition) is 2. The Morgan fingerprint density at radius 3 is 2.62 bits per heavy atom. The number of benzene rings is 1. The van der Waals surface area contributed by atoms with Crippen LogP contribution in [0.4, 0.5) is 5.69 Å². The molecule has 2 N–H and O–H groups in total. The van der Waals surface area contributed by atoms with E-state index in [0.717, 1.165) is 9.26 Å². The first-order valence-corrected chi connectivity index (χ1v) is 6.25. The topological polar surface area (TPSA) is 41.1 Å². The molecule has 0 saturated heterocycles. The predicted octanol–water partition coefficient (Wildman–Crippen LogP) is 2.62. The molecule has 4 heteroatoms. The molecule has 0 bridgehead atoms. The van der Waals surface area contributed by atoms with Crippen molar-refractivity contribution in [2.75, 3.05) is 11.9 Å². The van der Waals surface area contributed by atoms with E-state index in [1.165, 1.54) is 0 Å². The van der Waals surface area contributed by atoms with Crippen molar-refractivity contribution in [3.8, 4) is 0 Å². The van der Waals surface area contributed by atoms with Gasteiger partial charge in [0.25, 0.3) is 0 Å². The van der Waals surface area contributed by atoms with E-state index in [0.29, 0.717) is 6.54 Å². The van der Waals surface area contributed by atoms with Gasteiger partial charge in [-0.15, -0.1) is 0 Å². The molecule has 1 aromatic carbocycles. The fourth-order valence-electron chi connectivity index (χ4n) is 1.24. The number of nitrogens with one attached hydrogen (secondary N) is 2. The van der Waals surface area contributed by atoms with Crippen molar-refractivity contribution >= 4 is 34.2 Å². The zero-order chi connectivity index (χ0) is 12.2. The minimum absolute atomic E-state index is 0.00589. The van der Waals surface area contributed by atoms with E-state index in [2.05, 4.69) is 33.2 Å². The molecule has 1 aromatic rings. The maximum Gasteiger partial charge on any atom is 0.239 e. The molecule has 1 rings (SSSR count). The van der Waals surface area contributed by atoms with E-state index in [1.54, 1.807) is 0 Å². The number of hydrogen-bond acceptors (Lipinski definition) is 2. The molecule has 0 aliphatic rings.